The number of nitrogens with zero attached hydrogens (tertiary/aromatic N) is 2. The Labute approximate surface area is 183 Å². The number of rotatable bonds is 5. The minimum Gasteiger partial charge on any atom is -0.324 e. The van der Waals surface area contributed by atoms with Gasteiger partial charge in [0.15, 0.2) is 0 Å². The average molecular weight is 436 g/mol. The van der Waals surface area contributed by atoms with Gasteiger partial charge in [-0.3, -0.25) is 14.1 Å². The highest BCUT2D eigenvalue weighted by molar-refractivity contribution is 7.92. The topological polar surface area (TPSA) is 79.4 Å². The molecule has 4 rings (SSSR count). The Morgan fingerprint density at radius 2 is 1.87 bits per heavy atom. The Hall–Kier alpha value is -3.19. The summed E-state index contributed by atoms with van der Waals surface area (Å²) in [5, 5.41) is 2.89. The molecule has 0 bridgehead atoms. The van der Waals surface area contributed by atoms with Crippen molar-refractivity contribution in [2.24, 2.45) is 0 Å². The molecule has 7 heteroatoms. The number of amides is 1. The highest BCUT2D eigenvalue weighted by Crippen LogP contribution is 2.33. The van der Waals surface area contributed by atoms with Gasteiger partial charge in [-0.2, -0.15) is 0 Å². The fourth-order valence-corrected chi connectivity index (χ4v) is 5.39. The quantitative estimate of drug-likeness (QED) is 0.649. The van der Waals surface area contributed by atoms with Gasteiger partial charge in [-0.15, -0.1) is 0 Å². The first kappa shape index (κ1) is 21.1. The molecule has 6 nitrogen and oxygen atoms in total. The Bertz CT molecular complexity index is 1210. The smallest absolute Gasteiger partial charge is 0.264 e. The van der Waals surface area contributed by atoms with Gasteiger partial charge in [0.1, 0.15) is 0 Å². The van der Waals surface area contributed by atoms with Crippen molar-refractivity contribution in [2.75, 3.05) is 16.2 Å². The number of anilines is 2. The molecule has 2 heterocycles. The van der Waals surface area contributed by atoms with E-state index in [2.05, 4.69) is 10.3 Å². The fourth-order valence-electron chi connectivity index (χ4n) is 3.77. The molecule has 1 aromatic heterocycles. The van der Waals surface area contributed by atoms with E-state index in [1.807, 2.05) is 50.2 Å². The first-order chi connectivity index (χ1) is 14.9. The van der Waals surface area contributed by atoms with Crippen molar-refractivity contribution in [2.45, 2.75) is 37.5 Å². The first-order valence-electron chi connectivity index (χ1n) is 10.3. The van der Waals surface area contributed by atoms with E-state index in [1.165, 1.54) is 4.31 Å². The number of hydrogen-bond donors (Lipinski definition) is 1. The van der Waals surface area contributed by atoms with Crippen molar-refractivity contribution >= 4 is 27.3 Å². The van der Waals surface area contributed by atoms with Crippen molar-refractivity contribution in [3.05, 3.63) is 83.7 Å². The van der Waals surface area contributed by atoms with Crippen LogP contribution < -0.4 is 9.62 Å². The SMILES string of the molecule is Cc1cccc(S(=O)(=O)N2CCCc3ncc(NC(=O)[C@@H](C)c4ccccc4)cc32)c1. The third-order valence-corrected chi connectivity index (χ3v) is 7.34. The molecule has 160 valence electrons. The van der Waals surface area contributed by atoms with Crippen molar-refractivity contribution < 1.29 is 13.2 Å². The maximum atomic E-state index is 13.3. The van der Waals surface area contributed by atoms with Gasteiger partial charge >= 0.3 is 0 Å². The predicted molar refractivity (Wildman–Crippen MR) is 122 cm³/mol. The van der Waals surface area contributed by atoms with Crippen LogP contribution in [0.4, 0.5) is 11.4 Å². The molecule has 1 N–H and O–H groups in total. The van der Waals surface area contributed by atoms with E-state index in [1.54, 1.807) is 30.5 Å². The van der Waals surface area contributed by atoms with Gasteiger partial charge in [0, 0.05) is 6.54 Å². The molecule has 0 radical (unpaired) electrons. The van der Waals surface area contributed by atoms with Gasteiger partial charge < -0.3 is 5.32 Å². The second-order valence-electron chi connectivity index (χ2n) is 7.81. The van der Waals surface area contributed by atoms with E-state index in [4.69, 9.17) is 0 Å². The van der Waals surface area contributed by atoms with Gasteiger partial charge in [0.2, 0.25) is 5.91 Å². The summed E-state index contributed by atoms with van der Waals surface area (Å²) in [6.07, 6.45) is 2.99. The third-order valence-electron chi connectivity index (χ3n) is 5.53. The zero-order valence-electron chi connectivity index (χ0n) is 17.6. The summed E-state index contributed by atoms with van der Waals surface area (Å²) in [5.41, 5.74) is 3.52. The van der Waals surface area contributed by atoms with Crippen LogP contribution in [0.2, 0.25) is 0 Å². The summed E-state index contributed by atoms with van der Waals surface area (Å²) in [5.74, 6) is -0.513. The van der Waals surface area contributed by atoms with E-state index in [9.17, 15) is 13.2 Å². The van der Waals surface area contributed by atoms with Gasteiger partial charge in [0.25, 0.3) is 10.0 Å². The molecule has 3 aromatic rings. The van der Waals surface area contributed by atoms with Crippen molar-refractivity contribution in [1.82, 2.24) is 4.98 Å². The molecule has 1 amide bonds. The maximum Gasteiger partial charge on any atom is 0.264 e. The number of carbonyl (C=O) groups is 1. The van der Waals surface area contributed by atoms with Crippen LogP contribution in [-0.4, -0.2) is 25.9 Å². The lowest BCUT2D eigenvalue weighted by Crippen LogP contribution is -2.36. The minimum absolute atomic E-state index is 0.170. The number of aryl methyl sites for hydroxylation is 2. The second kappa shape index (κ2) is 8.51. The zero-order chi connectivity index (χ0) is 22.0. The van der Waals surface area contributed by atoms with Gasteiger partial charge in [-0.25, -0.2) is 8.42 Å². The summed E-state index contributed by atoms with van der Waals surface area (Å²) >= 11 is 0. The van der Waals surface area contributed by atoms with Crippen LogP contribution >= 0.6 is 0 Å². The van der Waals surface area contributed by atoms with Crippen molar-refractivity contribution in [3.8, 4) is 0 Å². The highest BCUT2D eigenvalue weighted by Gasteiger charge is 2.30. The Balaban J connectivity index is 1.63. The molecular formula is C24H25N3O3S. The summed E-state index contributed by atoms with van der Waals surface area (Å²) < 4.78 is 28.1. The van der Waals surface area contributed by atoms with E-state index in [0.717, 1.165) is 16.8 Å². The summed E-state index contributed by atoms with van der Waals surface area (Å²) in [7, 11) is -3.72. The Kier molecular flexibility index (Phi) is 5.78. The highest BCUT2D eigenvalue weighted by atomic mass is 32.2. The minimum atomic E-state index is -3.72. The number of sulfonamides is 1. The fraction of sp³-hybridized carbons (Fsp3) is 0.250. The molecule has 31 heavy (non-hydrogen) atoms. The van der Waals surface area contributed by atoms with Crippen LogP contribution in [0.1, 0.15) is 36.1 Å². The second-order valence-corrected chi connectivity index (χ2v) is 9.67. The molecule has 1 aliphatic rings. The molecule has 0 unspecified atom stereocenters. The molecule has 1 atom stereocenters. The standard InChI is InChI=1S/C24H25N3O3S/c1-17-8-6-11-21(14-17)31(29,30)27-13-7-12-22-23(27)15-20(16-25-22)26-24(28)18(2)19-9-4-3-5-10-19/h3-6,8-11,14-16,18H,7,12-13H2,1-2H3,(H,26,28)/t18-/m0/s1. The van der Waals surface area contributed by atoms with Crippen LogP contribution in [0, 0.1) is 6.92 Å². The van der Waals surface area contributed by atoms with E-state index < -0.39 is 10.0 Å². The monoisotopic (exact) mass is 435 g/mol. The Morgan fingerprint density at radius 1 is 1.10 bits per heavy atom. The number of benzene rings is 2. The maximum absolute atomic E-state index is 13.3. The van der Waals surface area contributed by atoms with Crippen molar-refractivity contribution in [1.29, 1.82) is 0 Å². The van der Waals surface area contributed by atoms with Crippen LogP contribution in [0.15, 0.2) is 71.8 Å². The molecular weight excluding hydrogens is 410 g/mol. The number of pyridine rings is 1. The summed E-state index contributed by atoms with van der Waals surface area (Å²) in [4.78, 5) is 17.5. The van der Waals surface area contributed by atoms with Gasteiger partial charge in [-0.1, -0.05) is 42.5 Å². The Morgan fingerprint density at radius 3 is 2.61 bits per heavy atom. The van der Waals surface area contributed by atoms with Crippen LogP contribution in [0.25, 0.3) is 0 Å². The van der Waals surface area contributed by atoms with E-state index in [0.29, 0.717) is 30.8 Å². The predicted octanol–water partition coefficient (Wildman–Crippen LogP) is 4.27. The lowest BCUT2D eigenvalue weighted by Gasteiger charge is -2.30. The van der Waals surface area contributed by atoms with Gasteiger partial charge in [-0.05, 0) is 56.0 Å². The lowest BCUT2D eigenvalue weighted by molar-refractivity contribution is -0.117. The number of nitrogens with one attached hydrogen (secondary N) is 1. The van der Waals surface area contributed by atoms with Crippen LogP contribution in [0.3, 0.4) is 0 Å². The summed E-state index contributed by atoms with van der Waals surface area (Å²) in [6, 6.07) is 18.1. The van der Waals surface area contributed by atoms with Gasteiger partial charge in [0.05, 0.1) is 34.1 Å². The number of carbonyl (C=O) groups excluding carboxylic acids is 1. The number of hydrogen-bond acceptors (Lipinski definition) is 4. The number of fused-ring (bicyclic) bond motifs is 1. The molecule has 1 aliphatic heterocycles. The normalized spacial score (nSPS) is 14.6. The van der Waals surface area contributed by atoms with Crippen LogP contribution in [-0.2, 0) is 21.2 Å². The molecule has 0 aliphatic carbocycles. The lowest BCUT2D eigenvalue weighted by atomic mass is 10.0. The zero-order valence-corrected chi connectivity index (χ0v) is 18.4. The molecule has 0 saturated carbocycles. The van der Waals surface area contributed by atoms with E-state index >= 15 is 0 Å². The molecule has 0 spiro atoms. The molecule has 0 fully saturated rings. The van der Waals surface area contributed by atoms with Crippen molar-refractivity contribution in [3.63, 3.8) is 0 Å². The molecule has 0 saturated heterocycles. The summed E-state index contributed by atoms with van der Waals surface area (Å²) in [6.45, 7) is 4.08. The first-order valence-corrected chi connectivity index (χ1v) is 11.7. The molecule has 2 aromatic carbocycles. The van der Waals surface area contributed by atoms with E-state index in [-0.39, 0.29) is 16.7 Å². The third kappa shape index (κ3) is 4.32. The average Bonchev–Trinajstić information content (AvgIpc) is 2.78. The number of aromatic nitrogens is 1. The van der Waals surface area contributed by atoms with Crippen LogP contribution in [0.5, 0.6) is 0 Å². The largest absolute Gasteiger partial charge is 0.324 e.